The Balaban J connectivity index is 0.00000118. The number of hydrogen-bond acceptors (Lipinski definition) is 2. The molecule has 0 amide bonds. The first-order chi connectivity index (χ1) is 17.7. The lowest BCUT2D eigenvalue weighted by Crippen LogP contribution is -2.15. The Labute approximate surface area is 219 Å². The predicted molar refractivity (Wildman–Crippen MR) is 145 cm³/mol. The number of ether oxygens (including phenoxy) is 1. The molecule has 3 aromatic carbocycles. The van der Waals surface area contributed by atoms with E-state index in [2.05, 4.69) is 20.8 Å². The molecule has 0 aliphatic heterocycles. The Morgan fingerprint density at radius 2 is 1.68 bits per heavy atom. The van der Waals surface area contributed by atoms with Gasteiger partial charge in [0.15, 0.2) is 11.6 Å². The fraction of sp³-hybridized carbons (Fsp3) is 0.406. The monoisotopic (exact) mass is 508 g/mol. The Morgan fingerprint density at radius 1 is 0.946 bits per heavy atom. The first kappa shape index (κ1) is 28.4. The molecule has 1 N–H and O–H groups in total. The summed E-state index contributed by atoms with van der Waals surface area (Å²) in [6, 6.07) is 17.3. The molecular weight excluding hydrogens is 470 g/mol. The molecule has 0 saturated heterocycles. The molecule has 3 nitrogen and oxygen atoms in total. The van der Waals surface area contributed by atoms with Crippen molar-refractivity contribution in [1.29, 1.82) is 0 Å². The molecule has 0 aromatic heterocycles. The molecule has 1 aliphatic rings. The summed E-state index contributed by atoms with van der Waals surface area (Å²) in [6.45, 7) is 6.73. The number of aryl methyl sites for hydroxylation is 1. The molecule has 1 saturated carbocycles. The molecular formula is C32H38F2O3. The van der Waals surface area contributed by atoms with Gasteiger partial charge in [0, 0.05) is 12.0 Å². The molecule has 0 bridgehead atoms. The topological polar surface area (TPSA) is 46.5 Å². The molecule has 3 aromatic rings. The van der Waals surface area contributed by atoms with Crippen molar-refractivity contribution >= 4 is 5.97 Å². The van der Waals surface area contributed by atoms with E-state index in [1.54, 1.807) is 30.3 Å². The molecule has 0 unspecified atom stereocenters. The normalized spacial score (nSPS) is 12.5. The maximum Gasteiger partial charge on any atom is 0.303 e. The minimum Gasteiger partial charge on any atom is -0.486 e. The quantitative estimate of drug-likeness (QED) is 0.282. The minimum absolute atomic E-state index is 0.0405. The summed E-state index contributed by atoms with van der Waals surface area (Å²) >= 11 is 0. The molecule has 4 rings (SSSR count). The molecule has 0 spiro atoms. The van der Waals surface area contributed by atoms with Crippen LogP contribution >= 0.6 is 0 Å². The third-order valence-electron chi connectivity index (χ3n) is 6.33. The van der Waals surface area contributed by atoms with E-state index in [9.17, 15) is 13.6 Å². The zero-order valence-corrected chi connectivity index (χ0v) is 22.2. The Bertz CT molecular complexity index is 1180. The van der Waals surface area contributed by atoms with Gasteiger partial charge < -0.3 is 9.84 Å². The molecule has 1 aliphatic carbocycles. The second-order valence-corrected chi connectivity index (χ2v) is 10.5. The van der Waals surface area contributed by atoms with E-state index >= 15 is 0 Å². The summed E-state index contributed by atoms with van der Waals surface area (Å²) < 4.78 is 35.2. The van der Waals surface area contributed by atoms with E-state index in [4.69, 9.17) is 9.84 Å². The first-order valence-electron chi connectivity index (χ1n) is 13.2. The summed E-state index contributed by atoms with van der Waals surface area (Å²) in [5, 5.41) is 8.87. The maximum atomic E-state index is 14.8. The summed E-state index contributed by atoms with van der Waals surface area (Å²) in [4.78, 5) is 10.8. The lowest BCUT2D eigenvalue weighted by atomic mass is 9.79. The minimum atomic E-state index is -0.973. The summed E-state index contributed by atoms with van der Waals surface area (Å²) in [5.41, 5.74) is 3.66. The van der Waals surface area contributed by atoms with E-state index in [-0.39, 0.29) is 36.4 Å². The smallest absolute Gasteiger partial charge is 0.303 e. The lowest BCUT2D eigenvalue weighted by Gasteiger charge is -2.26. The second-order valence-electron chi connectivity index (χ2n) is 10.5. The van der Waals surface area contributed by atoms with Crippen molar-refractivity contribution < 1.29 is 23.4 Å². The van der Waals surface area contributed by atoms with Crippen LogP contribution in [0.4, 0.5) is 8.78 Å². The first-order valence-corrected chi connectivity index (χ1v) is 13.2. The van der Waals surface area contributed by atoms with Crippen molar-refractivity contribution in [2.45, 2.75) is 78.7 Å². The van der Waals surface area contributed by atoms with Crippen LogP contribution in [0.15, 0.2) is 60.7 Å². The van der Waals surface area contributed by atoms with Gasteiger partial charge >= 0.3 is 5.97 Å². The van der Waals surface area contributed by atoms with Crippen LogP contribution in [0.5, 0.6) is 5.75 Å². The highest BCUT2D eigenvalue weighted by atomic mass is 19.1. The zero-order chi connectivity index (χ0) is 26.8. The third-order valence-corrected chi connectivity index (χ3v) is 6.33. The third kappa shape index (κ3) is 8.99. The van der Waals surface area contributed by atoms with E-state index in [1.165, 1.54) is 25.3 Å². The molecule has 5 heteroatoms. The van der Waals surface area contributed by atoms with Crippen LogP contribution in [0, 0.1) is 17.0 Å². The predicted octanol–water partition coefficient (Wildman–Crippen LogP) is 8.77. The van der Waals surface area contributed by atoms with Gasteiger partial charge in [0.05, 0.1) is 0 Å². The van der Waals surface area contributed by atoms with Gasteiger partial charge in [-0.25, -0.2) is 8.78 Å². The van der Waals surface area contributed by atoms with Crippen LogP contribution < -0.4 is 4.74 Å². The fourth-order valence-corrected chi connectivity index (χ4v) is 4.37. The number of carbonyl (C=O) groups is 1. The van der Waals surface area contributed by atoms with Crippen molar-refractivity contribution in [3.63, 3.8) is 0 Å². The number of carboxylic acid groups (broad SMARTS) is 1. The number of benzene rings is 3. The van der Waals surface area contributed by atoms with Gasteiger partial charge in [0.25, 0.3) is 0 Å². The number of carboxylic acids is 1. The van der Waals surface area contributed by atoms with Crippen molar-refractivity contribution in [2.24, 2.45) is 5.41 Å². The molecule has 0 atom stereocenters. The van der Waals surface area contributed by atoms with Crippen LogP contribution in [-0.2, 0) is 24.2 Å². The highest BCUT2D eigenvalue weighted by molar-refractivity contribution is 5.69. The molecule has 0 heterocycles. The standard InChI is InChI=1S/C29H32F2O3.C3H6/c1-4-16-29(2,3)18-22-17-20(12-14-23(22)24-9-5-6-10-25(24)30)19-34-26-11-7-8-21(28(26)31)13-15-27(32)33;1-2-3-1/h5-12,14,17H,4,13,15-16,18-19H2,1-3H3,(H,32,33);1-3H2. The van der Waals surface area contributed by atoms with E-state index < -0.39 is 11.8 Å². The van der Waals surface area contributed by atoms with Crippen LogP contribution in [0.1, 0.15) is 76.0 Å². The zero-order valence-electron chi connectivity index (χ0n) is 22.2. The second kappa shape index (κ2) is 13.4. The average molecular weight is 509 g/mol. The lowest BCUT2D eigenvalue weighted by molar-refractivity contribution is -0.136. The highest BCUT2D eigenvalue weighted by Gasteiger charge is 2.21. The van der Waals surface area contributed by atoms with Crippen molar-refractivity contribution in [1.82, 2.24) is 0 Å². The summed E-state index contributed by atoms with van der Waals surface area (Å²) in [6.07, 6.45) is 7.33. The Kier molecular flexibility index (Phi) is 10.2. The van der Waals surface area contributed by atoms with Gasteiger partial charge in [-0.05, 0) is 59.1 Å². The van der Waals surface area contributed by atoms with E-state index in [0.717, 1.165) is 36.0 Å². The van der Waals surface area contributed by atoms with E-state index in [0.29, 0.717) is 11.1 Å². The SMILES string of the molecule is C1CC1.CCCC(C)(C)Cc1cc(COc2cccc(CCC(=O)O)c2F)ccc1-c1ccccc1F. The summed E-state index contributed by atoms with van der Waals surface area (Å²) in [5.74, 6) is -1.68. The van der Waals surface area contributed by atoms with Gasteiger partial charge in [-0.2, -0.15) is 0 Å². The van der Waals surface area contributed by atoms with Crippen LogP contribution in [0.3, 0.4) is 0 Å². The number of halogens is 2. The van der Waals surface area contributed by atoms with Crippen molar-refractivity contribution in [2.75, 3.05) is 0 Å². The number of rotatable bonds is 11. The van der Waals surface area contributed by atoms with Crippen molar-refractivity contribution in [3.05, 3.63) is 89.0 Å². The largest absolute Gasteiger partial charge is 0.486 e. The van der Waals surface area contributed by atoms with Gasteiger partial charge in [-0.1, -0.05) is 95.0 Å². The van der Waals surface area contributed by atoms with Gasteiger partial charge in [-0.3, -0.25) is 4.79 Å². The molecule has 0 radical (unpaired) electrons. The molecule has 1 fully saturated rings. The Hall–Kier alpha value is -3.21. The number of hydrogen-bond donors (Lipinski definition) is 1. The van der Waals surface area contributed by atoms with Crippen molar-refractivity contribution in [3.8, 4) is 16.9 Å². The molecule has 37 heavy (non-hydrogen) atoms. The number of aliphatic carboxylic acids is 1. The molecule has 198 valence electrons. The van der Waals surface area contributed by atoms with Gasteiger partial charge in [0.2, 0.25) is 0 Å². The Morgan fingerprint density at radius 3 is 2.32 bits per heavy atom. The maximum absolute atomic E-state index is 14.8. The van der Waals surface area contributed by atoms with Gasteiger partial charge in [-0.15, -0.1) is 0 Å². The van der Waals surface area contributed by atoms with Crippen LogP contribution in [-0.4, -0.2) is 11.1 Å². The highest BCUT2D eigenvalue weighted by Crippen LogP contribution is 2.34. The van der Waals surface area contributed by atoms with E-state index in [1.807, 2.05) is 24.3 Å². The fourth-order valence-electron chi connectivity index (χ4n) is 4.37. The average Bonchev–Trinajstić information content (AvgIpc) is 3.73. The van der Waals surface area contributed by atoms with Crippen LogP contribution in [0.25, 0.3) is 11.1 Å². The van der Waals surface area contributed by atoms with Crippen LogP contribution in [0.2, 0.25) is 0 Å². The van der Waals surface area contributed by atoms with Gasteiger partial charge in [0.1, 0.15) is 12.4 Å². The summed E-state index contributed by atoms with van der Waals surface area (Å²) in [7, 11) is 0.